The molecule has 0 spiro atoms. The molecule has 1 aliphatic rings. The van der Waals surface area contributed by atoms with Gasteiger partial charge in [-0.2, -0.15) is 0 Å². The van der Waals surface area contributed by atoms with Crippen LogP contribution >= 0.6 is 11.8 Å². The number of amidine groups is 1. The Morgan fingerprint density at radius 1 is 1.21 bits per heavy atom. The molecular weight excluding hydrogens is 452 g/mol. The lowest BCUT2D eigenvalue weighted by atomic mass is 10.2. The van der Waals surface area contributed by atoms with Gasteiger partial charge in [0.2, 0.25) is 5.91 Å². The van der Waals surface area contributed by atoms with E-state index >= 15 is 0 Å². The molecule has 2 heterocycles. The average Bonchev–Trinajstić information content (AvgIpc) is 3.40. The summed E-state index contributed by atoms with van der Waals surface area (Å²) < 4.78 is 10.3. The summed E-state index contributed by atoms with van der Waals surface area (Å²) in [5, 5.41) is 6.51. The summed E-state index contributed by atoms with van der Waals surface area (Å²) in [5.74, 6) is 1.12. The molecule has 0 fully saturated rings. The molecule has 1 aromatic heterocycles. The third-order valence-electron chi connectivity index (χ3n) is 5.05. The number of aliphatic imine (C=N–C) groups is 1. The molecule has 8 nitrogen and oxygen atoms in total. The lowest BCUT2D eigenvalue weighted by molar-refractivity contribution is -0.116. The van der Waals surface area contributed by atoms with E-state index in [9.17, 15) is 9.59 Å². The normalized spacial score (nSPS) is 15.4. The Morgan fingerprint density at radius 3 is 2.56 bits per heavy atom. The lowest BCUT2D eigenvalue weighted by Crippen LogP contribution is -2.34. The van der Waals surface area contributed by atoms with Crippen LogP contribution in [0.3, 0.4) is 0 Å². The van der Waals surface area contributed by atoms with Gasteiger partial charge in [-0.3, -0.25) is 14.5 Å². The molecule has 1 N–H and O–H groups in total. The molecule has 0 bridgehead atoms. The number of rotatable bonds is 7. The molecule has 9 heteroatoms. The van der Waals surface area contributed by atoms with E-state index in [1.165, 1.54) is 16.7 Å². The molecule has 3 aromatic rings. The first kappa shape index (κ1) is 23.3. The Labute approximate surface area is 201 Å². The molecule has 0 saturated heterocycles. The molecule has 1 atom stereocenters. The van der Waals surface area contributed by atoms with Crippen molar-refractivity contribution in [2.24, 2.45) is 4.99 Å². The van der Waals surface area contributed by atoms with Gasteiger partial charge in [0, 0.05) is 6.07 Å². The standard InChI is InChI=1S/C25H24N4O4S/c1-4-21(23(30)27-22-14-16(2)33-28-22)34-25-26-20(15-17-8-6-5-7-9-17)24(31)29(25)18-10-12-19(32-3)13-11-18/h5-15,21H,4H2,1-3H3,(H,27,28,30)/b20-15+/t21-/m1/s1. The molecular formula is C25H24N4O4S. The minimum atomic E-state index is -0.500. The summed E-state index contributed by atoms with van der Waals surface area (Å²) in [6.45, 7) is 3.65. The van der Waals surface area contributed by atoms with Crippen LogP contribution in [0.2, 0.25) is 0 Å². The van der Waals surface area contributed by atoms with Crippen molar-refractivity contribution in [3.63, 3.8) is 0 Å². The predicted octanol–water partition coefficient (Wildman–Crippen LogP) is 4.89. The predicted molar refractivity (Wildman–Crippen MR) is 134 cm³/mol. The topological polar surface area (TPSA) is 97.0 Å². The molecule has 0 radical (unpaired) electrons. The van der Waals surface area contributed by atoms with Gasteiger partial charge in [0.15, 0.2) is 11.0 Å². The van der Waals surface area contributed by atoms with Crippen LogP contribution in [-0.2, 0) is 9.59 Å². The first-order valence-corrected chi connectivity index (χ1v) is 11.6. The zero-order chi connectivity index (χ0) is 24.1. The van der Waals surface area contributed by atoms with Crippen molar-refractivity contribution in [2.75, 3.05) is 17.3 Å². The first-order valence-electron chi connectivity index (χ1n) is 10.7. The number of hydrogen-bond donors (Lipinski definition) is 1. The number of nitrogens with zero attached hydrogens (tertiary/aromatic N) is 3. The van der Waals surface area contributed by atoms with Crippen molar-refractivity contribution < 1.29 is 18.8 Å². The third-order valence-corrected chi connectivity index (χ3v) is 6.37. The summed E-state index contributed by atoms with van der Waals surface area (Å²) >= 11 is 1.23. The number of nitrogens with one attached hydrogen (secondary N) is 1. The highest BCUT2D eigenvalue weighted by molar-refractivity contribution is 8.15. The Balaban J connectivity index is 1.64. The Morgan fingerprint density at radius 2 is 1.94 bits per heavy atom. The van der Waals surface area contributed by atoms with Crippen LogP contribution in [0.25, 0.3) is 6.08 Å². The van der Waals surface area contributed by atoms with Crippen molar-refractivity contribution in [1.29, 1.82) is 0 Å². The lowest BCUT2D eigenvalue weighted by Gasteiger charge is -2.21. The van der Waals surface area contributed by atoms with Gasteiger partial charge >= 0.3 is 0 Å². The number of amides is 2. The monoisotopic (exact) mass is 476 g/mol. The van der Waals surface area contributed by atoms with Gasteiger partial charge in [-0.25, -0.2) is 4.99 Å². The molecule has 34 heavy (non-hydrogen) atoms. The van der Waals surface area contributed by atoms with Crippen molar-refractivity contribution in [1.82, 2.24) is 5.16 Å². The van der Waals surface area contributed by atoms with Crippen LogP contribution < -0.4 is 15.0 Å². The van der Waals surface area contributed by atoms with E-state index in [0.29, 0.717) is 40.3 Å². The Hall–Kier alpha value is -3.85. The number of carbonyl (C=O) groups excluding carboxylic acids is 2. The van der Waals surface area contributed by atoms with E-state index in [2.05, 4.69) is 15.5 Å². The molecule has 0 unspecified atom stereocenters. The fraction of sp³-hybridized carbons (Fsp3) is 0.200. The number of carbonyl (C=O) groups is 2. The van der Waals surface area contributed by atoms with E-state index in [4.69, 9.17) is 9.26 Å². The van der Waals surface area contributed by atoms with E-state index in [1.807, 2.05) is 37.3 Å². The molecule has 4 rings (SSSR count). The SMILES string of the molecule is CC[C@@H](SC1=N/C(=C/c2ccccc2)C(=O)N1c1ccc(OC)cc1)C(=O)Nc1cc(C)on1. The van der Waals surface area contributed by atoms with Crippen molar-refractivity contribution >= 4 is 46.3 Å². The summed E-state index contributed by atoms with van der Waals surface area (Å²) in [6, 6.07) is 18.3. The Kier molecular flexibility index (Phi) is 7.12. The van der Waals surface area contributed by atoms with Crippen LogP contribution in [0.5, 0.6) is 5.75 Å². The van der Waals surface area contributed by atoms with Gasteiger partial charge in [0.05, 0.1) is 18.0 Å². The van der Waals surface area contributed by atoms with E-state index in [0.717, 1.165) is 5.56 Å². The van der Waals surface area contributed by atoms with Gasteiger partial charge in [-0.1, -0.05) is 54.2 Å². The van der Waals surface area contributed by atoms with Gasteiger partial charge in [0.1, 0.15) is 17.2 Å². The van der Waals surface area contributed by atoms with E-state index in [-0.39, 0.29) is 11.8 Å². The largest absolute Gasteiger partial charge is 0.497 e. The Bertz CT molecular complexity index is 1240. The van der Waals surface area contributed by atoms with Gasteiger partial charge in [-0.05, 0) is 49.2 Å². The minimum absolute atomic E-state index is 0.244. The van der Waals surface area contributed by atoms with Crippen LogP contribution in [0.1, 0.15) is 24.7 Å². The summed E-state index contributed by atoms with van der Waals surface area (Å²) in [6.07, 6.45) is 2.26. The number of anilines is 2. The fourth-order valence-electron chi connectivity index (χ4n) is 3.32. The van der Waals surface area contributed by atoms with E-state index < -0.39 is 5.25 Å². The highest BCUT2D eigenvalue weighted by Crippen LogP contribution is 2.33. The number of ether oxygens (including phenoxy) is 1. The summed E-state index contributed by atoms with van der Waals surface area (Å²) in [5.41, 5.74) is 1.80. The second kappa shape index (κ2) is 10.4. The van der Waals surface area contributed by atoms with Crippen molar-refractivity contribution in [3.8, 4) is 5.75 Å². The molecule has 0 aliphatic carbocycles. The van der Waals surface area contributed by atoms with Crippen LogP contribution in [0, 0.1) is 6.92 Å². The zero-order valence-corrected chi connectivity index (χ0v) is 19.8. The summed E-state index contributed by atoms with van der Waals surface area (Å²) in [7, 11) is 1.58. The second-order valence-electron chi connectivity index (χ2n) is 7.50. The van der Waals surface area contributed by atoms with Crippen LogP contribution in [-0.4, -0.2) is 34.5 Å². The second-order valence-corrected chi connectivity index (χ2v) is 8.67. The highest BCUT2D eigenvalue weighted by atomic mass is 32.2. The van der Waals surface area contributed by atoms with Gasteiger partial charge < -0.3 is 14.6 Å². The van der Waals surface area contributed by atoms with E-state index in [1.54, 1.807) is 50.4 Å². The van der Waals surface area contributed by atoms with Crippen molar-refractivity contribution in [3.05, 3.63) is 77.7 Å². The number of benzene rings is 2. The molecule has 174 valence electrons. The molecule has 0 saturated carbocycles. The number of aryl methyl sites for hydroxylation is 1. The first-order chi connectivity index (χ1) is 16.5. The number of aromatic nitrogens is 1. The number of methoxy groups -OCH3 is 1. The molecule has 2 amide bonds. The average molecular weight is 477 g/mol. The molecule has 1 aliphatic heterocycles. The summed E-state index contributed by atoms with van der Waals surface area (Å²) in [4.78, 5) is 32.4. The van der Waals surface area contributed by atoms with Crippen molar-refractivity contribution in [2.45, 2.75) is 25.5 Å². The number of hydrogen-bond acceptors (Lipinski definition) is 7. The smallest absolute Gasteiger partial charge is 0.283 e. The maximum absolute atomic E-state index is 13.4. The van der Waals surface area contributed by atoms with Gasteiger partial charge in [-0.15, -0.1) is 0 Å². The fourth-order valence-corrected chi connectivity index (χ4v) is 4.35. The molecule has 2 aromatic carbocycles. The number of thioether (sulfide) groups is 1. The maximum Gasteiger partial charge on any atom is 0.283 e. The quantitative estimate of drug-likeness (QED) is 0.488. The highest BCUT2D eigenvalue weighted by Gasteiger charge is 2.35. The third kappa shape index (κ3) is 5.20. The van der Waals surface area contributed by atoms with Crippen LogP contribution in [0.4, 0.5) is 11.5 Å². The van der Waals surface area contributed by atoms with Gasteiger partial charge in [0.25, 0.3) is 5.91 Å². The minimum Gasteiger partial charge on any atom is -0.497 e. The maximum atomic E-state index is 13.4. The van der Waals surface area contributed by atoms with Crippen LogP contribution in [0.15, 0.2) is 75.9 Å². The zero-order valence-electron chi connectivity index (χ0n) is 19.0.